The van der Waals surface area contributed by atoms with Crippen molar-refractivity contribution in [3.8, 4) is 0 Å². The van der Waals surface area contributed by atoms with E-state index in [4.69, 9.17) is 26.2 Å². The van der Waals surface area contributed by atoms with Crippen LogP contribution in [0.4, 0.5) is 10.5 Å². The predicted molar refractivity (Wildman–Crippen MR) is 109 cm³/mol. The fourth-order valence-corrected chi connectivity index (χ4v) is 2.94. The normalized spacial score (nSPS) is 13.2. The molecule has 0 saturated heterocycles. The van der Waals surface area contributed by atoms with Gasteiger partial charge in [-0.05, 0) is 17.7 Å². The van der Waals surface area contributed by atoms with Crippen molar-refractivity contribution in [2.45, 2.75) is 24.1 Å². The van der Waals surface area contributed by atoms with Crippen LogP contribution in [-0.4, -0.2) is 40.4 Å². The largest absolute Gasteiger partial charge is 0.481 e. The Labute approximate surface area is 186 Å². The van der Waals surface area contributed by atoms with Gasteiger partial charge in [-0.15, -0.1) is 0 Å². The Morgan fingerprint density at radius 1 is 1.16 bits per heavy atom. The predicted octanol–water partition coefficient (Wildman–Crippen LogP) is 2.50. The molecule has 2 N–H and O–H groups in total. The van der Waals surface area contributed by atoms with E-state index < -0.39 is 40.3 Å². The minimum absolute atomic E-state index is 0.0511. The van der Waals surface area contributed by atoms with E-state index in [9.17, 15) is 29.3 Å². The number of nitro benzene ring substituents is 1. The summed E-state index contributed by atoms with van der Waals surface area (Å²) < 4.78 is 9.73. The standard InChI is InChI=1S/C20H17ClN2O9/c21-20(32-12-24,14-4-2-1-3-5-14)18(27)16(10-17(25)26)22-19(28)31-11-13-6-8-15(9-7-13)23(29)30/h1-9,12,16H,10-11H2,(H,22,28)(H,25,26)/t16-,20?/m0/s1. The molecule has 1 amide bonds. The van der Waals surface area contributed by atoms with E-state index in [1.165, 1.54) is 48.5 Å². The molecular formula is C20H17ClN2O9. The van der Waals surface area contributed by atoms with Gasteiger partial charge in [-0.1, -0.05) is 41.9 Å². The number of Topliss-reactive ketones (excluding diaryl/α,β-unsaturated/α-hetero) is 1. The van der Waals surface area contributed by atoms with Crippen molar-refractivity contribution in [3.63, 3.8) is 0 Å². The zero-order chi connectivity index (χ0) is 23.7. The number of halogens is 1. The third-order valence-corrected chi connectivity index (χ3v) is 4.67. The van der Waals surface area contributed by atoms with Gasteiger partial charge in [-0.25, -0.2) is 4.79 Å². The average molecular weight is 465 g/mol. The van der Waals surface area contributed by atoms with Crippen molar-refractivity contribution in [2.75, 3.05) is 0 Å². The third kappa shape index (κ3) is 6.25. The summed E-state index contributed by atoms with van der Waals surface area (Å²) in [6.45, 7) is -0.379. The molecule has 0 bridgehead atoms. The van der Waals surface area contributed by atoms with Gasteiger partial charge >= 0.3 is 12.1 Å². The summed E-state index contributed by atoms with van der Waals surface area (Å²) in [7, 11) is 0. The van der Waals surface area contributed by atoms with Gasteiger partial charge in [0.05, 0.1) is 11.3 Å². The number of non-ortho nitro benzene ring substituents is 1. The molecule has 0 aliphatic carbocycles. The maximum Gasteiger partial charge on any atom is 0.408 e. The number of carbonyl (C=O) groups is 4. The second kappa shape index (κ2) is 10.9. The van der Waals surface area contributed by atoms with Crippen molar-refractivity contribution in [2.24, 2.45) is 0 Å². The fourth-order valence-electron chi connectivity index (χ4n) is 2.64. The molecule has 12 heteroatoms. The zero-order valence-electron chi connectivity index (χ0n) is 16.3. The lowest BCUT2D eigenvalue weighted by Gasteiger charge is -2.28. The Morgan fingerprint density at radius 2 is 1.78 bits per heavy atom. The smallest absolute Gasteiger partial charge is 0.408 e. The highest BCUT2D eigenvalue weighted by Crippen LogP contribution is 2.33. The summed E-state index contributed by atoms with van der Waals surface area (Å²) in [5, 5.41) is 19.5. The lowest BCUT2D eigenvalue weighted by atomic mass is 9.97. The van der Waals surface area contributed by atoms with Crippen LogP contribution >= 0.6 is 11.6 Å². The van der Waals surface area contributed by atoms with E-state index in [1.54, 1.807) is 6.07 Å². The molecule has 11 nitrogen and oxygen atoms in total. The molecule has 0 aliphatic rings. The number of carboxylic acids is 1. The van der Waals surface area contributed by atoms with E-state index in [0.717, 1.165) is 0 Å². The number of hydrogen-bond donors (Lipinski definition) is 2. The van der Waals surface area contributed by atoms with Crippen LogP contribution in [-0.2, 0) is 35.5 Å². The summed E-state index contributed by atoms with van der Waals surface area (Å²) in [4.78, 5) is 57.4. The van der Waals surface area contributed by atoms with Crippen LogP contribution in [0.3, 0.4) is 0 Å². The molecule has 0 aliphatic heterocycles. The Kier molecular flexibility index (Phi) is 8.24. The average Bonchev–Trinajstić information content (AvgIpc) is 2.77. The molecule has 0 saturated carbocycles. The number of alkyl halides is 1. The van der Waals surface area contributed by atoms with Crippen LogP contribution in [0.5, 0.6) is 0 Å². The van der Waals surface area contributed by atoms with Crippen LogP contribution in [0.2, 0.25) is 0 Å². The van der Waals surface area contributed by atoms with Crippen molar-refractivity contribution in [3.05, 3.63) is 75.8 Å². The number of benzene rings is 2. The third-order valence-electron chi connectivity index (χ3n) is 4.18. The number of amides is 1. The summed E-state index contributed by atoms with van der Waals surface area (Å²) in [5.74, 6) is -2.54. The minimum Gasteiger partial charge on any atom is -0.481 e. The Balaban J connectivity index is 2.14. The molecule has 0 aromatic heterocycles. The number of alkyl carbamates (subject to hydrolysis) is 1. The summed E-state index contributed by atoms with van der Waals surface area (Å²) >= 11 is 6.25. The van der Waals surface area contributed by atoms with Crippen molar-refractivity contribution < 1.29 is 38.7 Å². The van der Waals surface area contributed by atoms with Crippen molar-refractivity contribution in [1.82, 2.24) is 5.32 Å². The Bertz CT molecular complexity index is 998. The Morgan fingerprint density at radius 3 is 2.31 bits per heavy atom. The number of rotatable bonds is 11. The van der Waals surface area contributed by atoms with Crippen LogP contribution in [0.25, 0.3) is 0 Å². The number of nitrogens with one attached hydrogen (secondary N) is 1. The molecule has 168 valence electrons. The molecule has 0 heterocycles. The molecule has 0 radical (unpaired) electrons. The van der Waals surface area contributed by atoms with Crippen LogP contribution in [0, 0.1) is 10.1 Å². The van der Waals surface area contributed by atoms with Crippen LogP contribution < -0.4 is 5.32 Å². The maximum absolute atomic E-state index is 13.0. The second-order valence-electron chi connectivity index (χ2n) is 6.33. The van der Waals surface area contributed by atoms with Gasteiger partial charge < -0.3 is 19.9 Å². The highest BCUT2D eigenvalue weighted by molar-refractivity contribution is 6.35. The number of carbonyl (C=O) groups excluding carboxylic acids is 3. The first-order valence-corrected chi connectivity index (χ1v) is 9.33. The number of aliphatic carboxylic acids is 1. The van der Waals surface area contributed by atoms with Gasteiger partial charge in [0.25, 0.3) is 17.2 Å². The fraction of sp³-hybridized carbons (Fsp3) is 0.200. The number of ether oxygens (including phenoxy) is 2. The zero-order valence-corrected chi connectivity index (χ0v) is 17.1. The SMILES string of the molecule is O=COC(Cl)(C(=O)[C@H](CC(=O)O)NC(=O)OCc1ccc([N+](=O)[O-])cc1)c1ccccc1. The quantitative estimate of drug-likeness (QED) is 0.220. The first kappa shape index (κ1) is 24.3. The van der Waals surface area contributed by atoms with Gasteiger partial charge in [0, 0.05) is 17.7 Å². The first-order valence-electron chi connectivity index (χ1n) is 8.96. The molecule has 2 aromatic rings. The number of carboxylic acid groups (broad SMARTS) is 1. The summed E-state index contributed by atoms with van der Waals surface area (Å²) in [5.41, 5.74) is 0.308. The summed E-state index contributed by atoms with van der Waals surface area (Å²) in [6.07, 6.45) is -2.02. The molecule has 2 atom stereocenters. The lowest BCUT2D eigenvalue weighted by molar-refractivity contribution is -0.384. The van der Waals surface area contributed by atoms with Crippen LogP contribution in [0.15, 0.2) is 54.6 Å². The van der Waals surface area contributed by atoms with Gasteiger partial charge in [0.1, 0.15) is 12.6 Å². The van der Waals surface area contributed by atoms with E-state index in [2.05, 4.69) is 5.32 Å². The number of hydrogen-bond acceptors (Lipinski definition) is 8. The molecule has 0 fully saturated rings. The monoisotopic (exact) mass is 464 g/mol. The first-order chi connectivity index (χ1) is 15.2. The van der Waals surface area contributed by atoms with E-state index in [1.807, 2.05) is 0 Å². The Hall–Kier alpha value is -3.99. The molecule has 2 aromatic carbocycles. The lowest BCUT2D eigenvalue weighted by Crippen LogP contribution is -2.50. The van der Waals surface area contributed by atoms with Crippen molar-refractivity contribution in [1.29, 1.82) is 0 Å². The van der Waals surface area contributed by atoms with E-state index >= 15 is 0 Å². The van der Waals surface area contributed by atoms with E-state index in [-0.39, 0.29) is 24.3 Å². The van der Waals surface area contributed by atoms with Crippen molar-refractivity contribution >= 4 is 41.6 Å². The van der Waals surface area contributed by atoms with Gasteiger partial charge in [-0.3, -0.25) is 24.5 Å². The molecule has 32 heavy (non-hydrogen) atoms. The molecule has 1 unspecified atom stereocenters. The molecular weight excluding hydrogens is 448 g/mol. The highest BCUT2D eigenvalue weighted by Gasteiger charge is 2.45. The second-order valence-corrected chi connectivity index (χ2v) is 6.87. The maximum atomic E-state index is 13.0. The molecule has 0 spiro atoms. The highest BCUT2D eigenvalue weighted by atomic mass is 35.5. The van der Waals surface area contributed by atoms with Gasteiger partial charge in [-0.2, -0.15) is 0 Å². The summed E-state index contributed by atoms with van der Waals surface area (Å²) in [6, 6.07) is 10.9. The number of nitro groups is 1. The number of ketones is 1. The topological polar surface area (TPSA) is 162 Å². The van der Waals surface area contributed by atoms with E-state index in [0.29, 0.717) is 5.56 Å². The number of nitrogens with zero attached hydrogens (tertiary/aromatic N) is 1. The van der Waals surface area contributed by atoms with Gasteiger partial charge in [0.2, 0.25) is 5.78 Å². The minimum atomic E-state index is -2.38. The van der Waals surface area contributed by atoms with Gasteiger partial charge in [0.15, 0.2) is 0 Å². The molecule has 2 rings (SSSR count). The van der Waals surface area contributed by atoms with Crippen LogP contribution in [0.1, 0.15) is 17.5 Å².